The highest BCUT2D eigenvalue weighted by Crippen LogP contribution is 2.19. The summed E-state index contributed by atoms with van der Waals surface area (Å²) in [5, 5.41) is 6.14. The van der Waals surface area contributed by atoms with Crippen molar-refractivity contribution in [3.05, 3.63) is 53.1 Å². The highest BCUT2D eigenvalue weighted by Gasteiger charge is 2.04. The second kappa shape index (κ2) is 8.29. The van der Waals surface area contributed by atoms with Crippen LogP contribution in [0.25, 0.3) is 0 Å². The van der Waals surface area contributed by atoms with Crippen LogP contribution in [0.1, 0.15) is 5.56 Å². The van der Waals surface area contributed by atoms with E-state index in [1.54, 1.807) is 25.3 Å². The van der Waals surface area contributed by atoms with E-state index in [1.807, 2.05) is 31.2 Å². The molecule has 23 heavy (non-hydrogen) atoms. The van der Waals surface area contributed by atoms with Crippen molar-refractivity contribution in [3.8, 4) is 11.5 Å². The monoisotopic (exact) mass is 334 g/mol. The van der Waals surface area contributed by atoms with Crippen LogP contribution in [0, 0.1) is 6.92 Å². The van der Waals surface area contributed by atoms with Crippen molar-refractivity contribution in [3.63, 3.8) is 0 Å². The molecule has 0 unspecified atom stereocenters. The maximum absolute atomic E-state index is 11.8. The minimum atomic E-state index is -0.284. The van der Waals surface area contributed by atoms with E-state index in [2.05, 4.69) is 10.6 Å². The molecule has 0 saturated heterocycles. The third-order valence-corrected chi connectivity index (χ3v) is 3.39. The van der Waals surface area contributed by atoms with Crippen LogP contribution in [0.2, 0.25) is 5.02 Å². The molecule has 0 aliphatic heterocycles. The Hall–Kier alpha value is -2.40. The molecule has 0 bridgehead atoms. The lowest BCUT2D eigenvalue weighted by atomic mass is 10.2. The molecule has 0 radical (unpaired) electrons. The highest BCUT2D eigenvalue weighted by atomic mass is 35.5. The standard InChI is InChI=1S/C17H19ClN2O3/c1-12-11-13(18)3-8-16(12)20-17(21)19-9-10-23-15-6-4-14(22-2)5-7-15/h3-8,11H,9-10H2,1-2H3,(H2,19,20,21). The predicted octanol–water partition coefficient (Wildman–Crippen LogP) is 3.86. The van der Waals surface area contributed by atoms with E-state index in [0.717, 1.165) is 22.7 Å². The van der Waals surface area contributed by atoms with Crippen LogP contribution in [-0.4, -0.2) is 26.3 Å². The molecule has 0 aliphatic carbocycles. The van der Waals surface area contributed by atoms with Crippen molar-refractivity contribution in [2.24, 2.45) is 0 Å². The lowest BCUT2D eigenvalue weighted by Gasteiger charge is -2.11. The summed E-state index contributed by atoms with van der Waals surface area (Å²) < 4.78 is 10.6. The zero-order valence-electron chi connectivity index (χ0n) is 13.1. The number of amides is 2. The number of nitrogens with one attached hydrogen (secondary N) is 2. The summed E-state index contributed by atoms with van der Waals surface area (Å²) in [6, 6.07) is 12.3. The number of anilines is 1. The van der Waals surface area contributed by atoms with E-state index in [0.29, 0.717) is 18.2 Å². The lowest BCUT2D eigenvalue weighted by Crippen LogP contribution is -2.32. The molecular weight excluding hydrogens is 316 g/mol. The number of methoxy groups -OCH3 is 1. The van der Waals surface area contributed by atoms with Gasteiger partial charge in [0.15, 0.2) is 0 Å². The van der Waals surface area contributed by atoms with Crippen LogP contribution in [0.4, 0.5) is 10.5 Å². The van der Waals surface area contributed by atoms with Crippen LogP contribution in [0.5, 0.6) is 11.5 Å². The fourth-order valence-corrected chi connectivity index (χ4v) is 2.17. The van der Waals surface area contributed by atoms with Gasteiger partial charge < -0.3 is 20.1 Å². The molecule has 0 atom stereocenters. The summed E-state index contributed by atoms with van der Waals surface area (Å²) in [5.74, 6) is 1.50. The number of carbonyl (C=O) groups is 1. The second-order valence-corrected chi connectivity index (χ2v) is 5.30. The average molecular weight is 335 g/mol. The molecule has 2 aromatic rings. The molecule has 2 N–H and O–H groups in total. The zero-order chi connectivity index (χ0) is 16.7. The summed E-state index contributed by atoms with van der Waals surface area (Å²) in [6.45, 7) is 2.65. The zero-order valence-corrected chi connectivity index (χ0v) is 13.8. The van der Waals surface area contributed by atoms with Gasteiger partial charge in [0.05, 0.1) is 13.7 Å². The Bertz CT molecular complexity index is 659. The number of urea groups is 1. The fraction of sp³-hybridized carbons (Fsp3) is 0.235. The van der Waals surface area contributed by atoms with Crippen LogP contribution >= 0.6 is 11.6 Å². The van der Waals surface area contributed by atoms with E-state index in [1.165, 1.54) is 0 Å². The van der Waals surface area contributed by atoms with E-state index in [4.69, 9.17) is 21.1 Å². The van der Waals surface area contributed by atoms with Crippen LogP contribution in [0.3, 0.4) is 0 Å². The molecule has 2 rings (SSSR count). The number of aryl methyl sites for hydroxylation is 1. The van der Waals surface area contributed by atoms with Crippen molar-refractivity contribution in [2.75, 3.05) is 25.6 Å². The molecule has 122 valence electrons. The van der Waals surface area contributed by atoms with Gasteiger partial charge in [-0.05, 0) is 55.0 Å². The Morgan fingerprint density at radius 1 is 1.13 bits per heavy atom. The van der Waals surface area contributed by atoms with E-state index >= 15 is 0 Å². The van der Waals surface area contributed by atoms with Crippen molar-refractivity contribution < 1.29 is 14.3 Å². The quantitative estimate of drug-likeness (QED) is 0.789. The Balaban J connectivity index is 1.72. The molecule has 0 heterocycles. The molecular formula is C17H19ClN2O3. The fourth-order valence-electron chi connectivity index (χ4n) is 1.94. The Kier molecular flexibility index (Phi) is 6.11. The first-order valence-electron chi connectivity index (χ1n) is 7.16. The van der Waals surface area contributed by atoms with Gasteiger partial charge in [-0.25, -0.2) is 4.79 Å². The van der Waals surface area contributed by atoms with E-state index in [9.17, 15) is 4.79 Å². The number of benzene rings is 2. The van der Waals surface area contributed by atoms with E-state index < -0.39 is 0 Å². The first kappa shape index (κ1) is 17.0. The maximum Gasteiger partial charge on any atom is 0.319 e. The molecule has 0 aromatic heterocycles. The van der Waals surface area contributed by atoms with Gasteiger partial charge in [0.1, 0.15) is 18.1 Å². The summed E-state index contributed by atoms with van der Waals surface area (Å²) >= 11 is 5.88. The van der Waals surface area contributed by atoms with Gasteiger partial charge in [-0.2, -0.15) is 0 Å². The summed E-state index contributed by atoms with van der Waals surface area (Å²) in [5.41, 5.74) is 1.63. The number of ether oxygens (including phenoxy) is 2. The minimum absolute atomic E-state index is 0.284. The summed E-state index contributed by atoms with van der Waals surface area (Å²) in [7, 11) is 1.61. The van der Waals surface area contributed by atoms with Crippen LogP contribution < -0.4 is 20.1 Å². The Morgan fingerprint density at radius 2 is 1.83 bits per heavy atom. The Morgan fingerprint density at radius 3 is 2.48 bits per heavy atom. The number of halogens is 1. The van der Waals surface area contributed by atoms with Crippen LogP contribution in [0.15, 0.2) is 42.5 Å². The van der Waals surface area contributed by atoms with Gasteiger partial charge >= 0.3 is 6.03 Å². The third-order valence-electron chi connectivity index (χ3n) is 3.15. The lowest BCUT2D eigenvalue weighted by molar-refractivity contribution is 0.247. The first-order chi connectivity index (χ1) is 11.1. The molecule has 0 spiro atoms. The molecule has 5 nitrogen and oxygen atoms in total. The molecule has 2 amide bonds. The van der Waals surface area contributed by atoms with Gasteiger partial charge in [-0.1, -0.05) is 11.6 Å². The molecule has 0 fully saturated rings. The topological polar surface area (TPSA) is 59.6 Å². The normalized spacial score (nSPS) is 10.0. The maximum atomic E-state index is 11.8. The minimum Gasteiger partial charge on any atom is -0.497 e. The predicted molar refractivity (Wildman–Crippen MR) is 91.7 cm³/mol. The summed E-state index contributed by atoms with van der Waals surface area (Å²) in [4.78, 5) is 11.8. The smallest absolute Gasteiger partial charge is 0.319 e. The molecule has 6 heteroatoms. The third kappa shape index (κ3) is 5.38. The van der Waals surface area contributed by atoms with Crippen LogP contribution in [-0.2, 0) is 0 Å². The van der Waals surface area contributed by atoms with Crippen molar-refractivity contribution in [1.82, 2.24) is 5.32 Å². The van der Waals surface area contributed by atoms with Gasteiger partial charge in [-0.3, -0.25) is 0 Å². The first-order valence-corrected chi connectivity index (χ1v) is 7.54. The number of hydrogen-bond donors (Lipinski definition) is 2. The average Bonchev–Trinajstić information content (AvgIpc) is 2.55. The van der Waals surface area contributed by atoms with Gasteiger partial charge in [0, 0.05) is 10.7 Å². The largest absolute Gasteiger partial charge is 0.497 e. The number of carbonyl (C=O) groups excluding carboxylic acids is 1. The SMILES string of the molecule is COc1ccc(OCCNC(=O)Nc2ccc(Cl)cc2C)cc1. The van der Waals surface area contributed by atoms with Crippen molar-refractivity contribution in [1.29, 1.82) is 0 Å². The van der Waals surface area contributed by atoms with E-state index in [-0.39, 0.29) is 6.03 Å². The van der Waals surface area contributed by atoms with Gasteiger partial charge in [0.2, 0.25) is 0 Å². The van der Waals surface area contributed by atoms with Crippen molar-refractivity contribution in [2.45, 2.75) is 6.92 Å². The number of rotatable bonds is 6. The van der Waals surface area contributed by atoms with Gasteiger partial charge in [-0.15, -0.1) is 0 Å². The van der Waals surface area contributed by atoms with Crippen molar-refractivity contribution >= 4 is 23.3 Å². The Labute approximate surface area is 140 Å². The molecule has 0 saturated carbocycles. The molecule has 2 aromatic carbocycles. The second-order valence-electron chi connectivity index (χ2n) is 4.86. The molecule has 0 aliphatic rings. The summed E-state index contributed by atoms with van der Waals surface area (Å²) in [6.07, 6.45) is 0. The number of hydrogen-bond acceptors (Lipinski definition) is 3. The van der Waals surface area contributed by atoms with Gasteiger partial charge in [0.25, 0.3) is 0 Å². The highest BCUT2D eigenvalue weighted by molar-refractivity contribution is 6.30.